The van der Waals surface area contributed by atoms with Crippen molar-refractivity contribution in [1.29, 1.82) is 5.26 Å². The molecule has 0 aliphatic rings. The highest BCUT2D eigenvalue weighted by atomic mass is 19.3. The zero-order valence-corrected chi connectivity index (χ0v) is 7.30. The minimum absolute atomic E-state index is 0.0556. The highest BCUT2D eigenvalue weighted by Gasteiger charge is 2.14. The molecule has 3 N–H and O–H groups in total. The number of nitrogen functional groups attached to an aromatic ring is 1. The molecule has 0 bridgehead atoms. The van der Waals surface area contributed by atoms with E-state index in [2.05, 4.69) is 5.43 Å². The third-order valence-electron chi connectivity index (χ3n) is 1.83. The van der Waals surface area contributed by atoms with Crippen LogP contribution in [0, 0.1) is 11.3 Å². The number of hydrogen-bond donors (Lipinski definition) is 2. The fourth-order valence-electron chi connectivity index (χ4n) is 1.21. The van der Waals surface area contributed by atoms with Crippen molar-refractivity contribution in [3.05, 3.63) is 29.3 Å². The van der Waals surface area contributed by atoms with E-state index in [9.17, 15) is 8.78 Å². The first-order valence-electron chi connectivity index (χ1n) is 3.94. The second-order valence-corrected chi connectivity index (χ2v) is 2.66. The Balaban J connectivity index is 3.19. The van der Waals surface area contributed by atoms with E-state index in [-0.39, 0.29) is 17.7 Å². The first kappa shape index (κ1) is 10.4. The van der Waals surface area contributed by atoms with Crippen LogP contribution in [-0.2, 0) is 6.42 Å². The molecule has 0 radical (unpaired) electrons. The Kier molecular flexibility index (Phi) is 3.37. The number of hydrazine groups is 1. The van der Waals surface area contributed by atoms with Crippen LogP contribution >= 0.6 is 0 Å². The van der Waals surface area contributed by atoms with Crippen LogP contribution in [0.1, 0.15) is 17.6 Å². The molecule has 0 atom stereocenters. The summed E-state index contributed by atoms with van der Waals surface area (Å²) >= 11 is 0. The summed E-state index contributed by atoms with van der Waals surface area (Å²) in [6.45, 7) is 0. The molecular weight excluding hydrogens is 188 g/mol. The minimum atomic E-state index is -2.60. The van der Waals surface area contributed by atoms with E-state index in [1.807, 2.05) is 6.07 Å². The summed E-state index contributed by atoms with van der Waals surface area (Å²) in [4.78, 5) is 0. The van der Waals surface area contributed by atoms with Crippen LogP contribution in [0.4, 0.5) is 14.5 Å². The van der Waals surface area contributed by atoms with Crippen molar-refractivity contribution in [2.45, 2.75) is 12.8 Å². The summed E-state index contributed by atoms with van der Waals surface area (Å²) in [6, 6.07) is 6.23. The van der Waals surface area contributed by atoms with Gasteiger partial charge in [0.15, 0.2) is 0 Å². The van der Waals surface area contributed by atoms with Crippen molar-refractivity contribution in [1.82, 2.24) is 0 Å². The largest absolute Gasteiger partial charge is 0.323 e. The number of alkyl halides is 2. The Morgan fingerprint density at radius 3 is 2.71 bits per heavy atom. The number of nitriles is 1. The molecule has 0 saturated carbocycles. The van der Waals surface area contributed by atoms with Crippen LogP contribution in [0.15, 0.2) is 18.2 Å². The normalized spacial score (nSPS) is 9.93. The lowest BCUT2D eigenvalue weighted by Gasteiger charge is -2.11. The molecule has 0 amide bonds. The van der Waals surface area contributed by atoms with Gasteiger partial charge in [-0.15, -0.1) is 0 Å². The lowest BCUT2D eigenvalue weighted by molar-refractivity contribution is 0.152. The monoisotopic (exact) mass is 197 g/mol. The van der Waals surface area contributed by atoms with E-state index in [0.717, 1.165) is 0 Å². The average molecular weight is 197 g/mol. The second kappa shape index (κ2) is 4.53. The van der Waals surface area contributed by atoms with E-state index in [0.29, 0.717) is 5.56 Å². The lowest BCUT2D eigenvalue weighted by Crippen LogP contribution is -2.12. The lowest BCUT2D eigenvalue weighted by atomic mass is 10.1. The van der Waals surface area contributed by atoms with Crippen LogP contribution in [0.2, 0.25) is 0 Å². The number of hydrogen-bond acceptors (Lipinski definition) is 3. The van der Waals surface area contributed by atoms with Gasteiger partial charge in [-0.2, -0.15) is 5.26 Å². The molecule has 3 nitrogen and oxygen atoms in total. The molecule has 1 aromatic carbocycles. The minimum Gasteiger partial charge on any atom is -0.323 e. The Labute approximate surface area is 80.1 Å². The number of nitrogens with one attached hydrogen (secondary N) is 1. The van der Waals surface area contributed by atoms with Gasteiger partial charge in [0.05, 0.1) is 18.2 Å². The molecule has 5 heteroatoms. The van der Waals surface area contributed by atoms with E-state index >= 15 is 0 Å². The van der Waals surface area contributed by atoms with Gasteiger partial charge in [-0.3, -0.25) is 5.84 Å². The molecule has 0 fully saturated rings. The maximum Gasteiger partial charge on any atom is 0.265 e. The summed E-state index contributed by atoms with van der Waals surface area (Å²) in [5.41, 5.74) is 2.64. The quantitative estimate of drug-likeness (QED) is 0.575. The smallest absolute Gasteiger partial charge is 0.265 e. The van der Waals surface area contributed by atoms with Gasteiger partial charge in [0.1, 0.15) is 0 Å². The molecule has 1 rings (SSSR count). The number of rotatable bonds is 3. The molecular formula is C9H9F2N3. The molecule has 0 aliphatic carbocycles. The third-order valence-corrected chi connectivity index (χ3v) is 1.83. The van der Waals surface area contributed by atoms with E-state index in [1.165, 1.54) is 12.1 Å². The SMILES string of the molecule is N#CCc1cccc(C(F)F)c1NN. The van der Waals surface area contributed by atoms with Gasteiger partial charge in [-0.25, -0.2) is 8.78 Å². The van der Waals surface area contributed by atoms with Gasteiger partial charge in [0, 0.05) is 5.56 Å². The molecule has 1 aromatic rings. The van der Waals surface area contributed by atoms with Crippen LogP contribution in [-0.4, -0.2) is 0 Å². The molecule has 0 aromatic heterocycles. The van der Waals surface area contributed by atoms with Crippen molar-refractivity contribution >= 4 is 5.69 Å². The van der Waals surface area contributed by atoms with Crippen LogP contribution in [0.3, 0.4) is 0 Å². The number of halogens is 2. The Morgan fingerprint density at radius 1 is 1.50 bits per heavy atom. The summed E-state index contributed by atoms with van der Waals surface area (Å²) in [5, 5.41) is 8.46. The Bertz CT molecular complexity index is 358. The summed E-state index contributed by atoms with van der Waals surface area (Å²) in [5.74, 6) is 5.13. The number of nitrogens with zero attached hydrogens (tertiary/aromatic N) is 1. The van der Waals surface area contributed by atoms with Gasteiger partial charge in [-0.1, -0.05) is 18.2 Å². The summed E-state index contributed by atoms with van der Waals surface area (Å²) in [6.07, 6.45) is -2.54. The van der Waals surface area contributed by atoms with Crippen molar-refractivity contribution < 1.29 is 8.78 Å². The molecule has 14 heavy (non-hydrogen) atoms. The Hall–Kier alpha value is -1.67. The third kappa shape index (κ3) is 1.98. The standard InChI is InChI=1S/C9H9F2N3/c10-9(11)7-3-1-2-6(4-5-12)8(7)14-13/h1-3,9,14H,4,13H2. The van der Waals surface area contributed by atoms with Crippen molar-refractivity contribution in [2.24, 2.45) is 5.84 Å². The second-order valence-electron chi connectivity index (χ2n) is 2.66. The van der Waals surface area contributed by atoms with Crippen molar-refractivity contribution in [3.63, 3.8) is 0 Å². The van der Waals surface area contributed by atoms with Gasteiger partial charge in [-0.05, 0) is 5.56 Å². The zero-order valence-electron chi connectivity index (χ0n) is 7.30. The number of para-hydroxylation sites is 1. The summed E-state index contributed by atoms with van der Waals surface area (Å²) in [7, 11) is 0. The van der Waals surface area contributed by atoms with Gasteiger partial charge in [0.2, 0.25) is 0 Å². The number of benzene rings is 1. The molecule has 0 spiro atoms. The van der Waals surface area contributed by atoms with Gasteiger partial charge >= 0.3 is 0 Å². The first-order valence-corrected chi connectivity index (χ1v) is 3.94. The molecule has 74 valence electrons. The van der Waals surface area contributed by atoms with Gasteiger partial charge < -0.3 is 5.43 Å². The van der Waals surface area contributed by atoms with E-state index in [1.54, 1.807) is 6.07 Å². The molecule has 0 heterocycles. The molecule has 0 saturated heterocycles. The summed E-state index contributed by atoms with van der Waals surface area (Å²) < 4.78 is 24.9. The fraction of sp³-hybridized carbons (Fsp3) is 0.222. The average Bonchev–Trinajstić information content (AvgIpc) is 2.18. The topological polar surface area (TPSA) is 61.8 Å². The van der Waals surface area contributed by atoms with Crippen molar-refractivity contribution in [2.75, 3.05) is 5.43 Å². The van der Waals surface area contributed by atoms with Crippen LogP contribution < -0.4 is 11.3 Å². The Morgan fingerprint density at radius 2 is 2.21 bits per heavy atom. The zero-order chi connectivity index (χ0) is 10.6. The van der Waals surface area contributed by atoms with Crippen LogP contribution in [0.5, 0.6) is 0 Å². The van der Waals surface area contributed by atoms with Gasteiger partial charge in [0.25, 0.3) is 6.43 Å². The fourth-order valence-corrected chi connectivity index (χ4v) is 1.21. The number of anilines is 1. The van der Waals surface area contributed by atoms with Crippen LogP contribution in [0.25, 0.3) is 0 Å². The number of nitrogens with two attached hydrogens (primary N) is 1. The first-order chi connectivity index (χ1) is 6.70. The van der Waals surface area contributed by atoms with Crippen molar-refractivity contribution in [3.8, 4) is 6.07 Å². The molecule has 0 unspecified atom stereocenters. The highest BCUT2D eigenvalue weighted by molar-refractivity contribution is 5.58. The maximum atomic E-state index is 12.5. The van der Waals surface area contributed by atoms with E-state index in [4.69, 9.17) is 11.1 Å². The predicted octanol–water partition coefficient (Wildman–Crippen LogP) is 1.98. The van der Waals surface area contributed by atoms with E-state index < -0.39 is 6.43 Å². The molecule has 0 aliphatic heterocycles. The predicted molar refractivity (Wildman–Crippen MR) is 48.5 cm³/mol. The highest BCUT2D eigenvalue weighted by Crippen LogP contribution is 2.29. The maximum absolute atomic E-state index is 12.5.